The van der Waals surface area contributed by atoms with E-state index < -0.39 is 0 Å². The fourth-order valence-electron chi connectivity index (χ4n) is 1.01. The van der Waals surface area contributed by atoms with Crippen molar-refractivity contribution in [2.75, 3.05) is 6.61 Å². The third kappa shape index (κ3) is 3.74. The molecule has 0 amide bonds. The molecule has 14 heavy (non-hydrogen) atoms. The summed E-state index contributed by atoms with van der Waals surface area (Å²) >= 11 is 2.20. The zero-order valence-electron chi connectivity index (χ0n) is 8.46. The standard InChI is InChI=1S/C11H15IO2/c1-8(2)5-6-14-11-7-9(12)3-4-10(11)13/h3-4,7-8,13H,5-6H2,1-2H3. The summed E-state index contributed by atoms with van der Waals surface area (Å²) in [6.45, 7) is 4.96. The molecule has 0 unspecified atom stereocenters. The SMILES string of the molecule is CC(C)CCOc1cc(I)ccc1O. The second kappa shape index (κ2) is 5.44. The van der Waals surface area contributed by atoms with Gasteiger partial charge in [0.1, 0.15) is 0 Å². The van der Waals surface area contributed by atoms with Gasteiger partial charge in [0.2, 0.25) is 0 Å². The van der Waals surface area contributed by atoms with Crippen molar-refractivity contribution in [1.82, 2.24) is 0 Å². The van der Waals surface area contributed by atoms with Gasteiger partial charge in [-0.3, -0.25) is 0 Å². The van der Waals surface area contributed by atoms with Crippen molar-refractivity contribution in [1.29, 1.82) is 0 Å². The molecule has 0 atom stereocenters. The number of ether oxygens (including phenoxy) is 1. The van der Waals surface area contributed by atoms with Crippen LogP contribution in [0.25, 0.3) is 0 Å². The van der Waals surface area contributed by atoms with Gasteiger partial charge in [0.05, 0.1) is 6.61 Å². The quantitative estimate of drug-likeness (QED) is 0.864. The summed E-state index contributed by atoms with van der Waals surface area (Å²) in [5.41, 5.74) is 0. The minimum absolute atomic E-state index is 0.217. The summed E-state index contributed by atoms with van der Waals surface area (Å²) in [6.07, 6.45) is 1.00. The minimum atomic E-state index is 0.217. The molecule has 78 valence electrons. The van der Waals surface area contributed by atoms with Crippen molar-refractivity contribution in [2.45, 2.75) is 20.3 Å². The van der Waals surface area contributed by atoms with Crippen LogP contribution >= 0.6 is 22.6 Å². The van der Waals surface area contributed by atoms with Crippen molar-refractivity contribution in [3.63, 3.8) is 0 Å². The van der Waals surface area contributed by atoms with Crippen molar-refractivity contribution in [2.24, 2.45) is 5.92 Å². The van der Waals surface area contributed by atoms with Gasteiger partial charge in [-0.2, -0.15) is 0 Å². The Labute approximate surface area is 98.4 Å². The minimum Gasteiger partial charge on any atom is -0.504 e. The first-order valence-corrected chi connectivity index (χ1v) is 5.79. The van der Waals surface area contributed by atoms with Crippen LogP contribution in [0.2, 0.25) is 0 Å². The average Bonchev–Trinajstić information content (AvgIpc) is 2.10. The largest absolute Gasteiger partial charge is 0.504 e. The smallest absolute Gasteiger partial charge is 0.161 e. The Bertz CT molecular complexity index is 297. The Hall–Kier alpha value is -0.450. The molecule has 0 heterocycles. The first-order chi connectivity index (χ1) is 6.59. The van der Waals surface area contributed by atoms with Gasteiger partial charge in [-0.05, 0) is 53.1 Å². The van der Waals surface area contributed by atoms with E-state index in [4.69, 9.17) is 4.74 Å². The number of phenolic OH excluding ortho intramolecular Hbond substituents is 1. The summed E-state index contributed by atoms with van der Waals surface area (Å²) in [5, 5.41) is 9.47. The zero-order valence-corrected chi connectivity index (χ0v) is 10.6. The fourth-order valence-corrected chi connectivity index (χ4v) is 1.47. The summed E-state index contributed by atoms with van der Waals surface area (Å²) in [5.74, 6) is 1.42. The molecule has 1 aromatic rings. The van der Waals surface area contributed by atoms with Crippen LogP contribution in [0.5, 0.6) is 11.5 Å². The Morgan fingerprint density at radius 3 is 2.79 bits per heavy atom. The number of halogens is 1. The van der Waals surface area contributed by atoms with Gasteiger partial charge in [0.15, 0.2) is 11.5 Å². The van der Waals surface area contributed by atoms with Gasteiger partial charge in [0, 0.05) is 3.57 Å². The monoisotopic (exact) mass is 306 g/mol. The van der Waals surface area contributed by atoms with Gasteiger partial charge >= 0.3 is 0 Å². The lowest BCUT2D eigenvalue weighted by Crippen LogP contribution is -2.01. The number of hydrogen-bond donors (Lipinski definition) is 1. The van der Waals surface area contributed by atoms with E-state index in [1.165, 1.54) is 0 Å². The molecule has 0 aliphatic carbocycles. The van der Waals surface area contributed by atoms with E-state index in [1.54, 1.807) is 6.07 Å². The molecule has 0 saturated carbocycles. The molecule has 2 nitrogen and oxygen atoms in total. The molecule has 0 bridgehead atoms. The van der Waals surface area contributed by atoms with E-state index in [9.17, 15) is 5.11 Å². The van der Waals surface area contributed by atoms with Crippen LogP contribution in [0.3, 0.4) is 0 Å². The molecule has 0 fully saturated rings. The summed E-state index contributed by atoms with van der Waals surface area (Å²) in [6, 6.07) is 5.36. The highest BCUT2D eigenvalue weighted by Crippen LogP contribution is 2.27. The lowest BCUT2D eigenvalue weighted by Gasteiger charge is -2.09. The van der Waals surface area contributed by atoms with Crippen LogP contribution in [0, 0.1) is 9.49 Å². The molecule has 1 aromatic carbocycles. The molecule has 0 aliphatic rings. The predicted molar refractivity (Wildman–Crippen MR) is 65.8 cm³/mol. The number of benzene rings is 1. The summed E-state index contributed by atoms with van der Waals surface area (Å²) in [4.78, 5) is 0. The van der Waals surface area contributed by atoms with Gasteiger partial charge < -0.3 is 9.84 Å². The Morgan fingerprint density at radius 1 is 1.43 bits per heavy atom. The van der Waals surface area contributed by atoms with Gasteiger partial charge in [-0.15, -0.1) is 0 Å². The van der Waals surface area contributed by atoms with Gasteiger partial charge in [-0.25, -0.2) is 0 Å². The Balaban J connectivity index is 2.53. The van der Waals surface area contributed by atoms with Crippen LogP contribution in [0.4, 0.5) is 0 Å². The van der Waals surface area contributed by atoms with E-state index in [2.05, 4.69) is 36.4 Å². The second-order valence-electron chi connectivity index (χ2n) is 3.64. The topological polar surface area (TPSA) is 29.5 Å². The molecule has 1 N–H and O–H groups in total. The summed E-state index contributed by atoms with van der Waals surface area (Å²) in [7, 11) is 0. The lowest BCUT2D eigenvalue weighted by molar-refractivity contribution is 0.276. The van der Waals surface area contributed by atoms with E-state index in [1.807, 2.05) is 12.1 Å². The van der Waals surface area contributed by atoms with E-state index in [0.717, 1.165) is 9.99 Å². The molecule has 0 spiro atoms. The number of aromatic hydroxyl groups is 1. The number of rotatable bonds is 4. The van der Waals surface area contributed by atoms with Crippen molar-refractivity contribution >= 4 is 22.6 Å². The highest BCUT2D eigenvalue weighted by atomic mass is 127. The molecular formula is C11H15IO2. The normalized spacial score (nSPS) is 10.6. The van der Waals surface area contributed by atoms with Crippen molar-refractivity contribution in [3.8, 4) is 11.5 Å². The summed E-state index contributed by atoms with van der Waals surface area (Å²) < 4.78 is 6.54. The van der Waals surface area contributed by atoms with Crippen LogP contribution in [0.1, 0.15) is 20.3 Å². The van der Waals surface area contributed by atoms with E-state index >= 15 is 0 Å². The molecule has 0 saturated heterocycles. The van der Waals surface area contributed by atoms with E-state index in [0.29, 0.717) is 18.3 Å². The van der Waals surface area contributed by atoms with Gasteiger partial charge in [-0.1, -0.05) is 13.8 Å². The molecule has 0 aromatic heterocycles. The van der Waals surface area contributed by atoms with Crippen LogP contribution in [-0.2, 0) is 0 Å². The lowest BCUT2D eigenvalue weighted by atomic mass is 10.1. The van der Waals surface area contributed by atoms with Crippen LogP contribution < -0.4 is 4.74 Å². The van der Waals surface area contributed by atoms with Gasteiger partial charge in [0.25, 0.3) is 0 Å². The first-order valence-electron chi connectivity index (χ1n) is 4.71. The predicted octanol–water partition coefficient (Wildman–Crippen LogP) is 3.42. The third-order valence-corrected chi connectivity index (χ3v) is 2.55. The highest BCUT2D eigenvalue weighted by Gasteiger charge is 2.03. The third-order valence-electron chi connectivity index (χ3n) is 1.87. The van der Waals surface area contributed by atoms with Crippen molar-refractivity contribution in [3.05, 3.63) is 21.8 Å². The Kier molecular flexibility index (Phi) is 4.51. The molecular weight excluding hydrogens is 291 g/mol. The Morgan fingerprint density at radius 2 is 2.14 bits per heavy atom. The number of phenols is 1. The highest BCUT2D eigenvalue weighted by molar-refractivity contribution is 14.1. The fraction of sp³-hybridized carbons (Fsp3) is 0.455. The first kappa shape index (κ1) is 11.6. The van der Waals surface area contributed by atoms with Crippen LogP contribution in [0.15, 0.2) is 18.2 Å². The molecule has 1 rings (SSSR count). The zero-order chi connectivity index (χ0) is 10.6. The molecule has 3 heteroatoms. The molecule has 0 aliphatic heterocycles. The second-order valence-corrected chi connectivity index (χ2v) is 4.89. The van der Waals surface area contributed by atoms with Crippen molar-refractivity contribution < 1.29 is 9.84 Å². The maximum atomic E-state index is 9.47. The number of hydrogen-bond acceptors (Lipinski definition) is 2. The van der Waals surface area contributed by atoms with E-state index in [-0.39, 0.29) is 5.75 Å². The average molecular weight is 306 g/mol. The van der Waals surface area contributed by atoms with Crippen LogP contribution in [-0.4, -0.2) is 11.7 Å². The maximum Gasteiger partial charge on any atom is 0.161 e. The maximum absolute atomic E-state index is 9.47. The molecule has 0 radical (unpaired) electrons.